The van der Waals surface area contributed by atoms with E-state index in [1.54, 1.807) is 12.1 Å². The lowest BCUT2D eigenvalue weighted by molar-refractivity contribution is 1.07. The Hall–Kier alpha value is -7.79. The van der Waals surface area contributed by atoms with Crippen molar-refractivity contribution in [2.45, 2.75) is 0 Å². The largest absolute Gasteiger partial charge is 0.208 e. The molecule has 0 aliphatic heterocycles. The molecule has 286 valence electrons. The zero-order valence-corrected chi connectivity index (χ0v) is 33.5. The van der Waals surface area contributed by atoms with Gasteiger partial charge >= 0.3 is 0 Å². The summed E-state index contributed by atoms with van der Waals surface area (Å²) in [5.41, 5.74) is 10.5. The Bertz CT molecular complexity index is 3620. The zero-order chi connectivity index (χ0) is 45.8. The lowest BCUT2D eigenvalue weighted by Crippen LogP contribution is -2.00. The van der Waals surface area contributed by atoms with Crippen molar-refractivity contribution < 1.29 is 8.22 Å². The van der Waals surface area contributed by atoms with Gasteiger partial charge in [-0.1, -0.05) is 182 Å². The first-order chi connectivity index (χ1) is 32.7. The molecule has 2 aromatic heterocycles. The van der Waals surface area contributed by atoms with E-state index in [0.717, 1.165) is 55.8 Å². The van der Waals surface area contributed by atoms with Gasteiger partial charge in [0.1, 0.15) is 0 Å². The molecule has 0 N–H and O–H groups in total. The average molecular weight is 802 g/mol. The highest BCUT2D eigenvalue weighted by atomic mass is 32.1. The van der Waals surface area contributed by atoms with E-state index in [2.05, 4.69) is 66.7 Å². The molecule has 2 heterocycles. The number of hydrogen-bond acceptors (Lipinski definition) is 4. The maximum atomic E-state index is 9.74. The van der Waals surface area contributed by atoms with Gasteiger partial charge in [-0.15, -0.1) is 11.3 Å². The highest BCUT2D eigenvalue weighted by molar-refractivity contribution is 7.25. The monoisotopic (exact) mass is 801 g/mol. The van der Waals surface area contributed by atoms with Crippen molar-refractivity contribution in [3.63, 3.8) is 0 Å². The van der Waals surface area contributed by atoms with E-state index in [4.69, 9.17) is 17.7 Å². The molecule has 0 spiro atoms. The van der Waals surface area contributed by atoms with Crippen LogP contribution in [0.25, 0.3) is 110 Å². The summed E-state index contributed by atoms with van der Waals surface area (Å²) in [6.07, 6.45) is 0. The SMILES string of the molecule is [2H]c1c(-c2ccccc2)c([2H])c2c(sc3c([2H])c(-c4nc(-c5ccc(-c6cccc(-c7ccccc7)c6)cc5)nc(-c5cc(-c6ccccc6)cc(-c6ccccc6)c5)n4)c([2H])c([2H])c32)c1[2H]. The highest BCUT2D eigenvalue weighted by Crippen LogP contribution is 2.39. The Morgan fingerprint density at radius 2 is 0.689 bits per heavy atom. The van der Waals surface area contributed by atoms with Crippen LogP contribution in [0.3, 0.4) is 0 Å². The first-order valence-electron chi connectivity index (χ1n) is 23.0. The molecule has 11 rings (SSSR count). The molecule has 9 aromatic carbocycles. The molecule has 0 amide bonds. The van der Waals surface area contributed by atoms with Gasteiger partial charge in [-0.2, -0.15) is 0 Å². The molecular weight excluding hydrogens is 759 g/mol. The van der Waals surface area contributed by atoms with Crippen LogP contribution in [0.1, 0.15) is 8.22 Å². The van der Waals surface area contributed by atoms with Crippen molar-refractivity contribution >= 4 is 31.5 Å². The molecule has 0 saturated heterocycles. The lowest BCUT2D eigenvalue weighted by Gasteiger charge is -2.13. The van der Waals surface area contributed by atoms with Crippen molar-refractivity contribution in [1.82, 2.24) is 15.0 Å². The number of fused-ring (bicyclic) bond motifs is 3. The summed E-state index contributed by atoms with van der Waals surface area (Å²) in [7, 11) is 0. The van der Waals surface area contributed by atoms with Crippen LogP contribution < -0.4 is 0 Å². The van der Waals surface area contributed by atoms with Crippen LogP contribution in [0.5, 0.6) is 0 Å². The zero-order valence-electron chi connectivity index (χ0n) is 38.6. The number of aromatic nitrogens is 3. The molecule has 0 aliphatic rings. The van der Waals surface area contributed by atoms with Crippen molar-refractivity contribution in [1.29, 1.82) is 0 Å². The molecule has 0 unspecified atom stereocenters. The van der Waals surface area contributed by atoms with Crippen LogP contribution in [-0.4, -0.2) is 15.0 Å². The standard InChI is InChI=1S/C57H37N3S/c1-5-14-38(15-6-1)44-22-13-23-45(32-44)42-24-26-43(27-25-42)55-58-56(47-28-30-51-52-36-46(39-16-7-2-8-17-39)29-31-53(52)61-54(51)37-47)60-57(59-55)50-34-48(40-18-9-3-10-19-40)33-49(35-50)41-20-11-4-12-21-41/h1-37H/i28D,29D,30D,31D,36D,37D. The maximum Gasteiger partial charge on any atom is 0.164 e. The number of rotatable bonds is 8. The highest BCUT2D eigenvalue weighted by Gasteiger charge is 2.17. The fraction of sp³-hybridized carbons (Fsp3) is 0. The van der Waals surface area contributed by atoms with Gasteiger partial charge in [-0.3, -0.25) is 0 Å². The van der Waals surface area contributed by atoms with E-state index in [-0.39, 0.29) is 64.0 Å². The normalized spacial score (nSPS) is 12.7. The van der Waals surface area contributed by atoms with E-state index < -0.39 is 0 Å². The molecule has 61 heavy (non-hydrogen) atoms. The smallest absolute Gasteiger partial charge is 0.164 e. The van der Waals surface area contributed by atoms with Crippen LogP contribution in [0, 0.1) is 0 Å². The minimum Gasteiger partial charge on any atom is -0.208 e. The predicted molar refractivity (Wildman–Crippen MR) is 256 cm³/mol. The third-order valence-corrected chi connectivity index (χ3v) is 11.8. The molecule has 0 bridgehead atoms. The van der Waals surface area contributed by atoms with Crippen molar-refractivity contribution in [2.24, 2.45) is 0 Å². The quantitative estimate of drug-likeness (QED) is 0.154. The summed E-state index contributed by atoms with van der Waals surface area (Å²) in [6, 6.07) is 61.3. The van der Waals surface area contributed by atoms with Crippen LogP contribution in [-0.2, 0) is 0 Å². The second-order valence-electron chi connectivity index (χ2n) is 14.7. The predicted octanol–water partition coefficient (Wildman–Crippen LogP) is 15.6. The topological polar surface area (TPSA) is 38.7 Å². The van der Waals surface area contributed by atoms with E-state index in [1.807, 2.05) is 109 Å². The first-order valence-corrected chi connectivity index (χ1v) is 20.8. The summed E-state index contributed by atoms with van der Waals surface area (Å²) < 4.78 is 56.8. The minimum atomic E-state index is -0.279. The van der Waals surface area contributed by atoms with Crippen LogP contribution in [0.15, 0.2) is 224 Å². The first kappa shape index (κ1) is 30.3. The van der Waals surface area contributed by atoms with Gasteiger partial charge in [0.05, 0.1) is 8.22 Å². The molecule has 0 atom stereocenters. The third kappa shape index (κ3) is 7.31. The number of benzene rings is 9. The van der Waals surface area contributed by atoms with Crippen LogP contribution >= 0.6 is 11.3 Å². The number of nitrogens with zero attached hydrogens (tertiary/aromatic N) is 3. The fourth-order valence-corrected chi connectivity index (χ4v) is 8.64. The van der Waals surface area contributed by atoms with Crippen molar-refractivity contribution in [3.05, 3.63) is 224 Å². The van der Waals surface area contributed by atoms with Crippen LogP contribution in [0.2, 0.25) is 0 Å². The van der Waals surface area contributed by atoms with E-state index in [1.165, 1.54) is 0 Å². The van der Waals surface area contributed by atoms with E-state index in [0.29, 0.717) is 37.7 Å². The maximum absolute atomic E-state index is 9.74. The molecule has 0 radical (unpaired) electrons. The summed E-state index contributed by atoms with van der Waals surface area (Å²) in [4.78, 5) is 15.2. The second-order valence-corrected chi connectivity index (χ2v) is 15.8. The van der Waals surface area contributed by atoms with Gasteiger partial charge in [0.15, 0.2) is 17.5 Å². The van der Waals surface area contributed by atoms with E-state index in [9.17, 15) is 5.48 Å². The van der Waals surface area contributed by atoms with Crippen LogP contribution in [0.4, 0.5) is 0 Å². The minimum absolute atomic E-state index is 0.0130. The van der Waals surface area contributed by atoms with Gasteiger partial charge in [0, 0.05) is 36.9 Å². The summed E-state index contributed by atoms with van der Waals surface area (Å²) in [5, 5.41) is 0.523. The molecule has 11 aromatic rings. The molecule has 0 aliphatic carbocycles. The molecule has 3 nitrogen and oxygen atoms in total. The van der Waals surface area contributed by atoms with Crippen molar-refractivity contribution in [2.75, 3.05) is 0 Å². The van der Waals surface area contributed by atoms with Crippen molar-refractivity contribution in [3.8, 4) is 89.8 Å². The average Bonchev–Trinajstić information content (AvgIpc) is 3.81. The van der Waals surface area contributed by atoms with Gasteiger partial charge in [-0.05, 0) is 98.0 Å². The fourth-order valence-electron chi connectivity index (χ4n) is 7.67. The lowest BCUT2D eigenvalue weighted by atomic mass is 9.96. The Morgan fingerprint density at radius 1 is 0.279 bits per heavy atom. The van der Waals surface area contributed by atoms with Gasteiger partial charge < -0.3 is 0 Å². The Morgan fingerprint density at radius 3 is 1.26 bits per heavy atom. The molecular formula is C57H37N3S. The Kier molecular flexibility index (Phi) is 7.82. The number of hydrogen-bond donors (Lipinski definition) is 0. The van der Waals surface area contributed by atoms with Gasteiger partial charge in [-0.25, -0.2) is 15.0 Å². The summed E-state index contributed by atoms with van der Waals surface area (Å²) in [6.45, 7) is 0. The van der Waals surface area contributed by atoms with Gasteiger partial charge in [0.2, 0.25) is 0 Å². The Labute approximate surface area is 367 Å². The summed E-state index contributed by atoms with van der Waals surface area (Å²) in [5.74, 6) is 0.702. The van der Waals surface area contributed by atoms with Gasteiger partial charge in [0.25, 0.3) is 0 Å². The number of thiophene rings is 1. The molecule has 4 heteroatoms. The third-order valence-electron chi connectivity index (χ3n) is 10.8. The molecule has 0 fully saturated rings. The molecule has 0 saturated carbocycles. The summed E-state index contributed by atoms with van der Waals surface area (Å²) >= 11 is 1.09. The van der Waals surface area contributed by atoms with E-state index >= 15 is 0 Å². The Balaban J connectivity index is 1.12. The second kappa shape index (κ2) is 15.8.